The summed E-state index contributed by atoms with van der Waals surface area (Å²) in [4.78, 5) is 12.9. The molecule has 1 amide bonds. The van der Waals surface area contributed by atoms with Gasteiger partial charge in [0, 0.05) is 12.3 Å². The number of hydrogen-bond donors (Lipinski definition) is 1. The van der Waals surface area contributed by atoms with Crippen LogP contribution < -0.4 is 10.1 Å². The summed E-state index contributed by atoms with van der Waals surface area (Å²) >= 11 is 0. The van der Waals surface area contributed by atoms with Gasteiger partial charge in [0.15, 0.2) is 0 Å². The average molecular weight is 373 g/mol. The van der Waals surface area contributed by atoms with E-state index in [1.54, 1.807) is 7.11 Å². The summed E-state index contributed by atoms with van der Waals surface area (Å²) in [5.74, 6) is 0.911. The summed E-state index contributed by atoms with van der Waals surface area (Å²) < 4.78 is 5.23. The van der Waals surface area contributed by atoms with Crippen LogP contribution in [0.15, 0.2) is 84.9 Å². The van der Waals surface area contributed by atoms with E-state index in [4.69, 9.17) is 4.74 Å². The van der Waals surface area contributed by atoms with Gasteiger partial charge < -0.3 is 10.1 Å². The Morgan fingerprint density at radius 2 is 1.36 bits per heavy atom. The van der Waals surface area contributed by atoms with Crippen molar-refractivity contribution in [2.75, 3.05) is 7.11 Å². The monoisotopic (exact) mass is 373 g/mol. The molecule has 1 N–H and O–H groups in total. The van der Waals surface area contributed by atoms with Crippen LogP contribution in [0.2, 0.25) is 0 Å². The highest BCUT2D eigenvalue weighted by Crippen LogP contribution is 2.28. The van der Waals surface area contributed by atoms with Crippen molar-refractivity contribution in [3.05, 3.63) is 102 Å². The Balaban J connectivity index is 1.75. The predicted octanol–water partition coefficient (Wildman–Crippen LogP) is 5.48. The summed E-state index contributed by atoms with van der Waals surface area (Å²) in [5.41, 5.74) is 3.40. The summed E-state index contributed by atoms with van der Waals surface area (Å²) in [7, 11) is 1.65. The maximum Gasteiger partial charge on any atom is 0.221 e. The molecule has 0 bridgehead atoms. The van der Waals surface area contributed by atoms with Crippen LogP contribution in [-0.4, -0.2) is 13.0 Å². The van der Waals surface area contributed by atoms with E-state index in [1.165, 1.54) is 0 Å². The quantitative estimate of drug-likeness (QED) is 0.567. The lowest BCUT2D eigenvalue weighted by molar-refractivity contribution is -0.122. The molecule has 0 spiro atoms. The Kier molecular flexibility index (Phi) is 6.85. The predicted molar refractivity (Wildman–Crippen MR) is 114 cm³/mol. The Bertz CT molecular complexity index is 821. The van der Waals surface area contributed by atoms with Gasteiger partial charge in [-0.2, -0.15) is 0 Å². The molecule has 0 radical (unpaired) electrons. The first-order valence-corrected chi connectivity index (χ1v) is 9.74. The fourth-order valence-corrected chi connectivity index (χ4v) is 3.49. The van der Waals surface area contributed by atoms with Crippen molar-refractivity contribution in [2.45, 2.75) is 31.7 Å². The van der Waals surface area contributed by atoms with Crippen molar-refractivity contribution < 1.29 is 9.53 Å². The van der Waals surface area contributed by atoms with Crippen LogP contribution in [-0.2, 0) is 4.79 Å². The Morgan fingerprint density at radius 1 is 0.821 bits per heavy atom. The number of carbonyl (C=O) groups is 1. The molecule has 28 heavy (non-hydrogen) atoms. The van der Waals surface area contributed by atoms with E-state index in [2.05, 4.69) is 36.5 Å². The Labute approximate surface area is 167 Å². The molecular weight excluding hydrogens is 346 g/mol. The lowest BCUT2D eigenvalue weighted by Gasteiger charge is -2.22. The highest BCUT2D eigenvalue weighted by molar-refractivity contribution is 5.78. The van der Waals surface area contributed by atoms with Gasteiger partial charge in [0.25, 0.3) is 0 Å². The number of amides is 1. The molecule has 0 saturated heterocycles. The highest BCUT2D eigenvalue weighted by Gasteiger charge is 2.20. The molecule has 144 valence electrons. The van der Waals surface area contributed by atoms with Gasteiger partial charge in [-0.25, -0.2) is 0 Å². The normalized spacial score (nSPS) is 11.8. The van der Waals surface area contributed by atoms with Gasteiger partial charge in [-0.15, -0.1) is 0 Å². The Morgan fingerprint density at radius 3 is 1.82 bits per heavy atom. The number of rotatable bonds is 8. The lowest BCUT2D eigenvalue weighted by atomic mass is 9.88. The van der Waals surface area contributed by atoms with Gasteiger partial charge in [-0.3, -0.25) is 4.79 Å². The largest absolute Gasteiger partial charge is 0.497 e. The fourth-order valence-electron chi connectivity index (χ4n) is 3.49. The van der Waals surface area contributed by atoms with Crippen LogP contribution in [0, 0.1) is 0 Å². The Hall–Kier alpha value is -3.07. The van der Waals surface area contributed by atoms with E-state index in [0.29, 0.717) is 6.42 Å². The molecule has 0 aromatic heterocycles. The highest BCUT2D eigenvalue weighted by atomic mass is 16.5. The summed E-state index contributed by atoms with van der Waals surface area (Å²) in [6.45, 7) is 2.08. The third kappa shape index (κ3) is 5.01. The van der Waals surface area contributed by atoms with Crippen LogP contribution in [0.1, 0.15) is 48.4 Å². The van der Waals surface area contributed by atoms with Crippen molar-refractivity contribution in [2.24, 2.45) is 0 Å². The molecule has 3 aromatic rings. The lowest BCUT2D eigenvalue weighted by Crippen LogP contribution is -2.29. The average Bonchev–Trinajstić information content (AvgIpc) is 2.77. The van der Waals surface area contributed by atoms with Crippen molar-refractivity contribution in [3.63, 3.8) is 0 Å². The number of ether oxygens (including phenoxy) is 1. The van der Waals surface area contributed by atoms with Gasteiger partial charge in [-0.05, 0) is 35.2 Å². The van der Waals surface area contributed by atoms with Crippen LogP contribution in [0.25, 0.3) is 0 Å². The first-order chi connectivity index (χ1) is 13.7. The van der Waals surface area contributed by atoms with E-state index < -0.39 is 0 Å². The number of benzene rings is 3. The van der Waals surface area contributed by atoms with Gasteiger partial charge >= 0.3 is 0 Å². The minimum atomic E-state index is -0.00870. The van der Waals surface area contributed by atoms with E-state index in [1.807, 2.05) is 60.7 Å². The van der Waals surface area contributed by atoms with Gasteiger partial charge in [0.1, 0.15) is 5.75 Å². The molecule has 0 fully saturated rings. The molecule has 1 atom stereocenters. The third-order valence-electron chi connectivity index (χ3n) is 5.06. The van der Waals surface area contributed by atoms with Gasteiger partial charge in [-0.1, -0.05) is 79.7 Å². The number of nitrogens with one attached hydrogen (secondary N) is 1. The minimum Gasteiger partial charge on any atom is -0.497 e. The summed E-state index contributed by atoms with van der Waals surface area (Å²) in [6, 6.07) is 28.3. The summed E-state index contributed by atoms with van der Waals surface area (Å²) in [5, 5.41) is 3.21. The number of methoxy groups -OCH3 is 1. The molecule has 0 heterocycles. The minimum absolute atomic E-state index is 0.00870. The topological polar surface area (TPSA) is 38.3 Å². The van der Waals surface area contributed by atoms with Gasteiger partial charge in [0.2, 0.25) is 5.91 Å². The van der Waals surface area contributed by atoms with Crippen LogP contribution in [0.4, 0.5) is 0 Å². The first kappa shape index (κ1) is 19.7. The van der Waals surface area contributed by atoms with Gasteiger partial charge in [0.05, 0.1) is 13.2 Å². The number of hydrogen-bond acceptors (Lipinski definition) is 2. The molecule has 0 saturated carbocycles. The molecular formula is C25H27NO2. The zero-order valence-electron chi connectivity index (χ0n) is 16.5. The van der Waals surface area contributed by atoms with E-state index in [0.717, 1.165) is 28.9 Å². The molecule has 0 aliphatic heterocycles. The van der Waals surface area contributed by atoms with Crippen molar-refractivity contribution in [1.82, 2.24) is 5.32 Å². The maximum absolute atomic E-state index is 12.9. The SMILES string of the molecule is CC[C@@H](NC(=O)CC(c1ccccc1)c1ccccc1)c1ccc(OC)cc1. The zero-order chi connectivity index (χ0) is 19.8. The molecule has 0 aliphatic rings. The molecule has 0 unspecified atom stereocenters. The molecule has 3 aromatic carbocycles. The van der Waals surface area contributed by atoms with Crippen molar-refractivity contribution in [1.29, 1.82) is 0 Å². The van der Waals surface area contributed by atoms with E-state index in [-0.39, 0.29) is 17.9 Å². The zero-order valence-corrected chi connectivity index (χ0v) is 16.5. The van der Waals surface area contributed by atoms with E-state index in [9.17, 15) is 4.79 Å². The summed E-state index contributed by atoms with van der Waals surface area (Å²) in [6.07, 6.45) is 1.25. The van der Waals surface area contributed by atoms with Crippen LogP contribution in [0.5, 0.6) is 5.75 Å². The van der Waals surface area contributed by atoms with Crippen LogP contribution >= 0.6 is 0 Å². The van der Waals surface area contributed by atoms with E-state index >= 15 is 0 Å². The van der Waals surface area contributed by atoms with Crippen molar-refractivity contribution >= 4 is 5.91 Å². The fraction of sp³-hybridized carbons (Fsp3) is 0.240. The molecule has 0 aliphatic carbocycles. The van der Waals surface area contributed by atoms with Crippen LogP contribution in [0.3, 0.4) is 0 Å². The number of carbonyl (C=O) groups excluding carboxylic acids is 1. The maximum atomic E-state index is 12.9. The second-order valence-corrected chi connectivity index (χ2v) is 6.88. The molecule has 3 heteroatoms. The van der Waals surface area contributed by atoms with Crippen molar-refractivity contribution in [3.8, 4) is 5.75 Å². The second-order valence-electron chi connectivity index (χ2n) is 6.88. The smallest absolute Gasteiger partial charge is 0.221 e. The molecule has 3 rings (SSSR count). The molecule has 3 nitrogen and oxygen atoms in total. The third-order valence-corrected chi connectivity index (χ3v) is 5.06. The standard InChI is InChI=1S/C25H27NO2/c1-3-24(21-14-16-22(28-2)17-15-21)26-25(27)18-23(19-10-6-4-7-11-19)20-12-8-5-9-13-20/h4-17,23-24H,3,18H2,1-2H3,(H,26,27)/t24-/m1/s1. The first-order valence-electron chi connectivity index (χ1n) is 9.74. The second kappa shape index (κ2) is 9.75.